The normalized spacial score (nSPS) is 13.0. The van der Waals surface area contributed by atoms with E-state index in [1.54, 1.807) is 19.1 Å². The van der Waals surface area contributed by atoms with E-state index in [-0.39, 0.29) is 30.0 Å². The number of nitrogens with zero attached hydrogens (tertiary/aromatic N) is 2. The van der Waals surface area contributed by atoms with Crippen LogP contribution in [0.15, 0.2) is 53.0 Å². The molecule has 2 rings (SSSR count). The molecular formula is C25H32BrN3O5S. The van der Waals surface area contributed by atoms with Gasteiger partial charge in [-0.25, -0.2) is 8.42 Å². The minimum absolute atomic E-state index is 0.0728. The zero-order valence-corrected chi connectivity index (χ0v) is 23.0. The number of anilines is 1. The van der Waals surface area contributed by atoms with Gasteiger partial charge in [-0.3, -0.25) is 18.7 Å². The lowest BCUT2D eigenvalue weighted by Crippen LogP contribution is -2.52. The highest BCUT2D eigenvalue weighted by Crippen LogP contribution is 2.21. The van der Waals surface area contributed by atoms with Crippen molar-refractivity contribution >= 4 is 49.2 Å². The van der Waals surface area contributed by atoms with E-state index in [0.29, 0.717) is 5.56 Å². The van der Waals surface area contributed by atoms with Gasteiger partial charge in [0.15, 0.2) is 5.78 Å². The molecular weight excluding hydrogens is 534 g/mol. The van der Waals surface area contributed by atoms with Crippen molar-refractivity contribution in [3.05, 3.63) is 64.1 Å². The first-order valence-electron chi connectivity index (χ1n) is 11.3. The highest BCUT2D eigenvalue weighted by Gasteiger charge is 2.30. The fourth-order valence-electron chi connectivity index (χ4n) is 3.33. The molecule has 2 aromatic rings. The van der Waals surface area contributed by atoms with Gasteiger partial charge in [0.25, 0.3) is 0 Å². The number of benzene rings is 2. The third-order valence-corrected chi connectivity index (χ3v) is 7.32. The molecule has 1 N–H and O–H groups in total. The van der Waals surface area contributed by atoms with Crippen molar-refractivity contribution in [3.63, 3.8) is 0 Å². The Morgan fingerprint density at radius 2 is 1.69 bits per heavy atom. The van der Waals surface area contributed by atoms with E-state index in [9.17, 15) is 22.8 Å². The van der Waals surface area contributed by atoms with E-state index >= 15 is 0 Å². The van der Waals surface area contributed by atoms with Crippen LogP contribution in [0.3, 0.4) is 0 Å². The summed E-state index contributed by atoms with van der Waals surface area (Å²) >= 11 is 3.38. The van der Waals surface area contributed by atoms with Crippen LogP contribution in [0.25, 0.3) is 0 Å². The summed E-state index contributed by atoms with van der Waals surface area (Å²) in [5.41, 5.74) is 1.32. The van der Waals surface area contributed by atoms with Crippen LogP contribution in [-0.2, 0) is 26.2 Å². The standard InChI is InChI=1S/C25H32BrN3O5S/c1-6-17(2)27-25(32)18(3)28(15-20-10-12-22(26)13-11-20)24(31)16-29(35(5,33)34)23-9-7-8-21(14-23)19(4)30/h7-14,17-18H,6,15-16H2,1-5H3,(H,27,32)/t17-,18-/m0/s1. The molecule has 0 radical (unpaired) electrons. The van der Waals surface area contributed by atoms with Gasteiger partial charge in [0.1, 0.15) is 12.6 Å². The van der Waals surface area contributed by atoms with Crippen molar-refractivity contribution in [2.45, 2.75) is 52.7 Å². The number of halogens is 1. The van der Waals surface area contributed by atoms with E-state index in [1.165, 1.54) is 24.0 Å². The number of amides is 2. The Morgan fingerprint density at radius 3 is 2.23 bits per heavy atom. The predicted octanol–water partition coefficient (Wildman–Crippen LogP) is 3.75. The summed E-state index contributed by atoms with van der Waals surface area (Å²) in [6.45, 7) is 6.42. The summed E-state index contributed by atoms with van der Waals surface area (Å²) in [5, 5.41) is 2.89. The lowest BCUT2D eigenvalue weighted by Gasteiger charge is -2.32. The number of carbonyl (C=O) groups excluding carboxylic acids is 3. The zero-order chi connectivity index (χ0) is 26.3. The number of nitrogens with one attached hydrogen (secondary N) is 1. The Labute approximate surface area is 215 Å². The molecule has 0 bridgehead atoms. The molecule has 0 saturated heterocycles. The fourth-order valence-corrected chi connectivity index (χ4v) is 4.43. The van der Waals surface area contributed by atoms with Gasteiger partial charge in [-0.15, -0.1) is 0 Å². The third kappa shape index (κ3) is 8.17. The molecule has 0 fully saturated rings. The Bertz CT molecular complexity index is 1170. The number of hydrogen-bond donors (Lipinski definition) is 1. The topological polar surface area (TPSA) is 104 Å². The second kappa shape index (κ2) is 12.3. The monoisotopic (exact) mass is 565 g/mol. The molecule has 0 aliphatic heterocycles. The lowest BCUT2D eigenvalue weighted by molar-refractivity contribution is -0.139. The van der Waals surface area contributed by atoms with Crippen LogP contribution in [0.2, 0.25) is 0 Å². The maximum atomic E-state index is 13.5. The summed E-state index contributed by atoms with van der Waals surface area (Å²) in [7, 11) is -3.87. The second-order valence-electron chi connectivity index (χ2n) is 8.52. The molecule has 10 heteroatoms. The van der Waals surface area contributed by atoms with Crippen LogP contribution in [-0.4, -0.2) is 55.8 Å². The van der Waals surface area contributed by atoms with Crippen LogP contribution in [0.4, 0.5) is 5.69 Å². The average molecular weight is 567 g/mol. The van der Waals surface area contributed by atoms with Crippen molar-refractivity contribution in [1.82, 2.24) is 10.2 Å². The lowest BCUT2D eigenvalue weighted by atomic mass is 10.1. The first kappa shape index (κ1) is 28.5. The zero-order valence-electron chi connectivity index (χ0n) is 20.6. The molecule has 8 nitrogen and oxygen atoms in total. The SMILES string of the molecule is CC[C@H](C)NC(=O)[C@H](C)N(Cc1ccc(Br)cc1)C(=O)CN(c1cccc(C(C)=O)c1)S(C)(=O)=O. The largest absolute Gasteiger partial charge is 0.352 e. The van der Waals surface area contributed by atoms with E-state index in [1.807, 2.05) is 38.1 Å². The van der Waals surface area contributed by atoms with Crippen LogP contribution in [0.5, 0.6) is 0 Å². The number of Topliss-reactive ketones (excluding diaryl/α,β-unsaturated/α-hetero) is 1. The number of hydrogen-bond acceptors (Lipinski definition) is 5. The molecule has 0 heterocycles. The van der Waals surface area contributed by atoms with Gasteiger partial charge < -0.3 is 10.2 Å². The van der Waals surface area contributed by atoms with Gasteiger partial charge in [-0.1, -0.05) is 47.1 Å². The van der Waals surface area contributed by atoms with E-state index < -0.39 is 28.5 Å². The second-order valence-corrected chi connectivity index (χ2v) is 11.3. The van der Waals surface area contributed by atoms with Crippen LogP contribution in [0.1, 0.15) is 50.0 Å². The van der Waals surface area contributed by atoms with Crippen molar-refractivity contribution in [3.8, 4) is 0 Å². The Balaban J connectivity index is 2.41. The summed E-state index contributed by atoms with van der Waals surface area (Å²) in [6, 6.07) is 12.5. The first-order valence-corrected chi connectivity index (χ1v) is 13.9. The molecule has 0 aliphatic carbocycles. The molecule has 2 atom stereocenters. The predicted molar refractivity (Wildman–Crippen MR) is 141 cm³/mol. The maximum Gasteiger partial charge on any atom is 0.244 e. The molecule has 190 valence electrons. The van der Waals surface area contributed by atoms with Gasteiger partial charge in [0.2, 0.25) is 21.8 Å². The van der Waals surface area contributed by atoms with Gasteiger partial charge in [0, 0.05) is 22.6 Å². The van der Waals surface area contributed by atoms with Crippen molar-refractivity contribution in [1.29, 1.82) is 0 Å². The Morgan fingerprint density at radius 1 is 1.06 bits per heavy atom. The highest BCUT2D eigenvalue weighted by atomic mass is 79.9. The van der Waals surface area contributed by atoms with Gasteiger partial charge >= 0.3 is 0 Å². The minimum atomic E-state index is -3.87. The van der Waals surface area contributed by atoms with Crippen LogP contribution < -0.4 is 9.62 Å². The molecule has 2 aromatic carbocycles. The third-order valence-electron chi connectivity index (χ3n) is 5.65. The summed E-state index contributed by atoms with van der Waals surface area (Å²) in [6.07, 6.45) is 1.73. The van der Waals surface area contributed by atoms with Gasteiger partial charge in [-0.2, -0.15) is 0 Å². The number of ketones is 1. The van der Waals surface area contributed by atoms with Crippen molar-refractivity contribution in [2.24, 2.45) is 0 Å². The number of carbonyl (C=O) groups is 3. The quantitative estimate of drug-likeness (QED) is 0.418. The van der Waals surface area contributed by atoms with E-state index in [4.69, 9.17) is 0 Å². The highest BCUT2D eigenvalue weighted by molar-refractivity contribution is 9.10. The van der Waals surface area contributed by atoms with Gasteiger partial charge in [0.05, 0.1) is 11.9 Å². The molecule has 0 aliphatic rings. The smallest absolute Gasteiger partial charge is 0.244 e. The molecule has 2 amide bonds. The minimum Gasteiger partial charge on any atom is -0.352 e. The molecule has 35 heavy (non-hydrogen) atoms. The first-order chi connectivity index (χ1) is 16.3. The van der Waals surface area contributed by atoms with E-state index in [0.717, 1.165) is 27.0 Å². The Hall–Kier alpha value is -2.72. The molecule has 0 spiro atoms. The van der Waals surface area contributed by atoms with E-state index in [2.05, 4.69) is 21.2 Å². The summed E-state index contributed by atoms with van der Waals surface area (Å²) in [5.74, 6) is -1.09. The van der Waals surface area contributed by atoms with Crippen molar-refractivity contribution < 1.29 is 22.8 Å². The molecule has 0 aromatic heterocycles. The average Bonchev–Trinajstić information content (AvgIpc) is 2.80. The van der Waals surface area contributed by atoms with Crippen LogP contribution in [0, 0.1) is 0 Å². The fraction of sp³-hybridized carbons (Fsp3) is 0.400. The molecule has 0 saturated carbocycles. The maximum absolute atomic E-state index is 13.5. The Kier molecular flexibility index (Phi) is 10.0. The van der Waals surface area contributed by atoms with Crippen molar-refractivity contribution in [2.75, 3.05) is 17.1 Å². The van der Waals surface area contributed by atoms with Gasteiger partial charge in [-0.05, 0) is 57.0 Å². The molecule has 0 unspecified atom stereocenters. The summed E-state index contributed by atoms with van der Waals surface area (Å²) in [4.78, 5) is 39.6. The number of sulfonamides is 1. The van der Waals surface area contributed by atoms with Crippen LogP contribution >= 0.6 is 15.9 Å². The number of rotatable bonds is 11. The summed E-state index contributed by atoms with van der Waals surface area (Å²) < 4.78 is 27.1.